The Hall–Kier alpha value is -1.71. The fourth-order valence-corrected chi connectivity index (χ4v) is 1.60. The van der Waals surface area contributed by atoms with E-state index in [4.69, 9.17) is 5.73 Å². The Bertz CT molecular complexity index is 363. The quantitative estimate of drug-likeness (QED) is 0.790. The van der Waals surface area contributed by atoms with Gasteiger partial charge in [0.2, 0.25) is 5.91 Å². The zero-order chi connectivity index (χ0) is 12.1. The second-order valence-electron chi connectivity index (χ2n) is 4.13. The molecule has 0 aliphatic rings. The molecule has 0 saturated heterocycles. The minimum Gasteiger partial charge on any atom is -0.380 e. The van der Waals surface area contributed by atoms with Crippen LogP contribution in [-0.2, 0) is 4.79 Å². The fraction of sp³-hybridized carbons (Fsp3) is 0.417. The average molecular weight is 221 g/mol. The number of hydrogen-bond acceptors (Lipinski definition) is 3. The van der Waals surface area contributed by atoms with E-state index in [0.717, 1.165) is 11.4 Å². The van der Waals surface area contributed by atoms with Crippen molar-refractivity contribution in [1.82, 2.24) is 0 Å². The summed E-state index contributed by atoms with van der Waals surface area (Å²) in [7, 11) is 3.97. The van der Waals surface area contributed by atoms with Crippen molar-refractivity contribution >= 4 is 17.3 Å². The van der Waals surface area contributed by atoms with E-state index in [0.29, 0.717) is 6.42 Å². The Morgan fingerprint density at radius 3 is 2.62 bits per heavy atom. The maximum Gasteiger partial charge on any atom is 0.219 e. The van der Waals surface area contributed by atoms with Gasteiger partial charge < -0.3 is 16.0 Å². The Morgan fingerprint density at radius 1 is 1.44 bits per heavy atom. The second kappa shape index (κ2) is 5.39. The lowest BCUT2D eigenvalue weighted by atomic mass is 10.2. The molecule has 1 amide bonds. The maximum absolute atomic E-state index is 10.8. The summed E-state index contributed by atoms with van der Waals surface area (Å²) in [5, 5.41) is 3.28. The highest BCUT2D eigenvalue weighted by atomic mass is 16.1. The van der Waals surface area contributed by atoms with Gasteiger partial charge >= 0.3 is 0 Å². The molecule has 0 saturated carbocycles. The first-order valence-corrected chi connectivity index (χ1v) is 5.32. The summed E-state index contributed by atoms with van der Waals surface area (Å²) >= 11 is 0. The summed E-state index contributed by atoms with van der Waals surface area (Å²) in [4.78, 5) is 12.8. The Labute approximate surface area is 96.4 Å². The topological polar surface area (TPSA) is 58.4 Å². The first-order valence-electron chi connectivity index (χ1n) is 5.32. The summed E-state index contributed by atoms with van der Waals surface area (Å²) in [5.41, 5.74) is 7.27. The smallest absolute Gasteiger partial charge is 0.219 e. The monoisotopic (exact) mass is 221 g/mol. The minimum absolute atomic E-state index is 0.0404. The van der Waals surface area contributed by atoms with Crippen molar-refractivity contribution in [2.24, 2.45) is 5.73 Å². The Kier molecular flexibility index (Phi) is 4.17. The number of hydrogen-bond donors (Lipinski definition) is 2. The van der Waals surface area contributed by atoms with Crippen LogP contribution in [0.25, 0.3) is 0 Å². The van der Waals surface area contributed by atoms with Crippen LogP contribution >= 0.6 is 0 Å². The van der Waals surface area contributed by atoms with Crippen LogP contribution in [0.1, 0.15) is 13.3 Å². The molecule has 0 spiro atoms. The Balaban J connectivity index is 2.76. The lowest BCUT2D eigenvalue weighted by Gasteiger charge is -2.21. The van der Waals surface area contributed by atoms with Gasteiger partial charge in [-0.05, 0) is 19.1 Å². The molecule has 0 bridgehead atoms. The number of nitrogens with one attached hydrogen (secondary N) is 1. The third-order valence-corrected chi connectivity index (χ3v) is 2.30. The van der Waals surface area contributed by atoms with E-state index in [9.17, 15) is 4.79 Å². The van der Waals surface area contributed by atoms with Crippen molar-refractivity contribution in [3.05, 3.63) is 24.3 Å². The molecule has 4 nitrogen and oxygen atoms in total. The first-order chi connectivity index (χ1) is 7.50. The highest BCUT2D eigenvalue weighted by Gasteiger charge is 2.09. The van der Waals surface area contributed by atoms with E-state index in [1.165, 1.54) is 0 Å². The Morgan fingerprint density at radius 2 is 2.06 bits per heavy atom. The summed E-state index contributed by atoms with van der Waals surface area (Å²) < 4.78 is 0. The van der Waals surface area contributed by atoms with Gasteiger partial charge in [-0.2, -0.15) is 0 Å². The molecule has 0 fully saturated rings. The number of para-hydroxylation sites is 2. The van der Waals surface area contributed by atoms with Crippen LogP contribution in [0.5, 0.6) is 0 Å². The number of primary amides is 1. The summed E-state index contributed by atoms with van der Waals surface area (Å²) in [5.74, 6) is -0.290. The van der Waals surface area contributed by atoms with Crippen LogP contribution in [0.3, 0.4) is 0 Å². The molecule has 1 aromatic rings. The molecular weight excluding hydrogens is 202 g/mol. The van der Waals surface area contributed by atoms with Gasteiger partial charge in [0.25, 0.3) is 0 Å². The molecule has 0 aromatic heterocycles. The van der Waals surface area contributed by atoms with Crippen LogP contribution in [0.4, 0.5) is 11.4 Å². The number of rotatable bonds is 5. The van der Waals surface area contributed by atoms with Gasteiger partial charge in [0, 0.05) is 26.6 Å². The van der Waals surface area contributed by atoms with Crippen molar-refractivity contribution in [2.45, 2.75) is 19.4 Å². The normalized spacial score (nSPS) is 11.9. The first kappa shape index (κ1) is 12.4. The number of amides is 1. The van der Waals surface area contributed by atoms with Gasteiger partial charge in [-0.1, -0.05) is 12.1 Å². The molecule has 3 N–H and O–H groups in total. The van der Waals surface area contributed by atoms with Crippen molar-refractivity contribution in [2.75, 3.05) is 24.3 Å². The predicted octanol–water partition coefficient (Wildman–Crippen LogP) is 1.43. The molecule has 88 valence electrons. The highest BCUT2D eigenvalue weighted by molar-refractivity contribution is 5.76. The predicted molar refractivity (Wildman–Crippen MR) is 67.7 cm³/mol. The number of nitrogens with zero attached hydrogens (tertiary/aromatic N) is 1. The molecule has 1 unspecified atom stereocenters. The van der Waals surface area contributed by atoms with Crippen LogP contribution < -0.4 is 16.0 Å². The van der Waals surface area contributed by atoms with Crippen LogP contribution in [0.15, 0.2) is 24.3 Å². The molecular formula is C12H19N3O. The lowest BCUT2D eigenvalue weighted by Crippen LogP contribution is -2.25. The van der Waals surface area contributed by atoms with E-state index in [1.807, 2.05) is 50.2 Å². The summed E-state index contributed by atoms with van der Waals surface area (Å²) in [6.07, 6.45) is 0.335. The minimum atomic E-state index is -0.290. The van der Waals surface area contributed by atoms with Crippen molar-refractivity contribution < 1.29 is 4.79 Å². The van der Waals surface area contributed by atoms with Crippen molar-refractivity contribution in [3.63, 3.8) is 0 Å². The molecule has 1 aromatic carbocycles. The summed E-state index contributed by atoms with van der Waals surface area (Å²) in [6.45, 7) is 1.94. The molecule has 4 heteroatoms. The van der Waals surface area contributed by atoms with Gasteiger partial charge in [0.15, 0.2) is 0 Å². The maximum atomic E-state index is 10.8. The number of anilines is 2. The average Bonchev–Trinajstić information content (AvgIpc) is 2.16. The van der Waals surface area contributed by atoms with Crippen LogP contribution in [0.2, 0.25) is 0 Å². The third-order valence-electron chi connectivity index (χ3n) is 2.30. The number of nitrogens with two attached hydrogens (primary N) is 1. The van der Waals surface area contributed by atoms with E-state index in [2.05, 4.69) is 5.32 Å². The molecule has 0 aliphatic heterocycles. The molecule has 1 rings (SSSR count). The largest absolute Gasteiger partial charge is 0.380 e. The van der Waals surface area contributed by atoms with E-state index >= 15 is 0 Å². The molecule has 0 aliphatic carbocycles. The number of carbonyl (C=O) groups is 1. The fourth-order valence-electron chi connectivity index (χ4n) is 1.60. The van der Waals surface area contributed by atoms with Crippen molar-refractivity contribution in [1.29, 1.82) is 0 Å². The van der Waals surface area contributed by atoms with Gasteiger partial charge in [0.1, 0.15) is 0 Å². The van der Waals surface area contributed by atoms with E-state index in [1.54, 1.807) is 0 Å². The van der Waals surface area contributed by atoms with E-state index in [-0.39, 0.29) is 11.9 Å². The van der Waals surface area contributed by atoms with Crippen LogP contribution in [-0.4, -0.2) is 26.0 Å². The van der Waals surface area contributed by atoms with Gasteiger partial charge in [-0.25, -0.2) is 0 Å². The SMILES string of the molecule is CC(CC(N)=O)Nc1ccccc1N(C)C. The molecule has 0 heterocycles. The lowest BCUT2D eigenvalue weighted by molar-refractivity contribution is -0.118. The van der Waals surface area contributed by atoms with Gasteiger partial charge in [-0.15, -0.1) is 0 Å². The summed E-state index contributed by atoms with van der Waals surface area (Å²) in [6, 6.07) is 8.01. The zero-order valence-electron chi connectivity index (χ0n) is 10.0. The molecule has 1 atom stereocenters. The second-order valence-corrected chi connectivity index (χ2v) is 4.13. The molecule has 16 heavy (non-hydrogen) atoms. The van der Waals surface area contributed by atoms with Gasteiger partial charge in [-0.3, -0.25) is 4.79 Å². The number of benzene rings is 1. The zero-order valence-corrected chi connectivity index (χ0v) is 10.0. The number of carbonyl (C=O) groups excluding carboxylic acids is 1. The van der Waals surface area contributed by atoms with Crippen molar-refractivity contribution in [3.8, 4) is 0 Å². The third kappa shape index (κ3) is 3.46. The van der Waals surface area contributed by atoms with E-state index < -0.39 is 0 Å². The standard InChI is InChI=1S/C12H19N3O/c1-9(8-12(13)16)14-10-6-4-5-7-11(10)15(2)3/h4-7,9,14H,8H2,1-3H3,(H2,13,16). The molecule has 0 radical (unpaired) electrons. The van der Waals surface area contributed by atoms with Gasteiger partial charge in [0.05, 0.1) is 11.4 Å². The van der Waals surface area contributed by atoms with Crippen LogP contribution in [0, 0.1) is 0 Å². The highest BCUT2D eigenvalue weighted by Crippen LogP contribution is 2.24.